The lowest BCUT2D eigenvalue weighted by atomic mass is 9.95. The number of hydrogen-bond donors (Lipinski definition) is 2. The minimum atomic E-state index is -0.874. The summed E-state index contributed by atoms with van der Waals surface area (Å²) in [4.78, 5) is 27.1. The molecule has 3 rings (SSSR count). The maximum atomic E-state index is 12.9. The number of likely N-dealkylation sites (tertiary alicyclic amines) is 1. The molecule has 1 saturated heterocycles. The van der Waals surface area contributed by atoms with Gasteiger partial charge in [0.05, 0.1) is 31.9 Å². The number of aromatic hydroxyl groups is 1. The van der Waals surface area contributed by atoms with Gasteiger partial charge in [0, 0.05) is 19.2 Å². The summed E-state index contributed by atoms with van der Waals surface area (Å²) in [6.07, 6.45) is 0. The number of nitrogens with zero attached hydrogens (tertiary/aromatic N) is 1. The first-order chi connectivity index (χ1) is 14.9. The van der Waals surface area contributed by atoms with Gasteiger partial charge in [-0.3, -0.25) is 9.59 Å². The van der Waals surface area contributed by atoms with Crippen LogP contribution in [0.25, 0.3) is 5.76 Å². The Morgan fingerprint density at radius 2 is 1.90 bits per heavy atom. The van der Waals surface area contributed by atoms with E-state index < -0.39 is 17.7 Å². The van der Waals surface area contributed by atoms with Crippen molar-refractivity contribution in [1.82, 2.24) is 4.90 Å². The fraction of sp³-hybridized carbons (Fsp3) is 0.304. The highest BCUT2D eigenvalue weighted by Gasteiger charge is 2.46. The fourth-order valence-corrected chi connectivity index (χ4v) is 3.54. The number of carbonyl (C=O) groups is 2. The van der Waals surface area contributed by atoms with Crippen LogP contribution in [0.15, 0.2) is 48.0 Å². The molecule has 2 aromatic carbocycles. The van der Waals surface area contributed by atoms with Crippen LogP contribution in [0, 0.1) is 0 Å². The normalized spacial score (nSPS) is 17.8. The van der Waals surface area contributed by atoms with E-state index >= 15 is 0 Å². The summed E-state index contributed by atoms with van der Waals surface area (Å²) in [5.41, 5.74) is 0.807. The lowest BCUT2D eigenvalue weighted by Crippen LogP contribution is -2.32. The first-order valence-corrected chi connectivity index (χ1v) is 9.80. The highest BCUT2D eigenvalue weighted by molar-refractivity contribution is 6.46. The van der Waals surface area contributed by atoms with Crippen molar-refractivity contribution in [2.75, 3.05) is 34.0 Å². The van der Waals surface area contributed by atoms with Gasteiger partial charge in [0.2, 0.25) is 0 Å². The van der Waals surface area contributed by atoms with Crippen LogP contribution in [0.4, 0.5) is 0 Å². The molecular weight excluding hydrogens is 402 g/mol. The number of benzene rings is 2. The average molecular weight is 427 g/mol. The molecule has 8 nitrogen and oxygen atoms in total. The summed E-state index contributed by atoms with van der Waals surface area (Å²) in [5.74, 6) is -1.19. The largest absolute Gasteiger partial charge is 0.507 e. The third-order valence-electron chi connectivity index (χ3n) is 5.02. The van der Waals surface area contributed by atoms with E-state index in [-0.39, 0.29) is 36.0 Å². The fourth-order valence-electron chi connectivity index (χ4n) is 3.54. The first-order valence-electron chi connectivity index (χ1n) is 9.80. The Hall–Kier alpha value is -3.52. The highest BCUT2D eigenvalue weighted by atomic mass is 16.5. The van der Waals surface area contributed by atoms with Gasteiger partial charge in [0.1, 0.15) is 11.5 Å². The number of ether oxygens (including phenoxy) is 3. The summed E-state index contributed by atoms with van der Waals surface area (Å²) < 4.78 is 15.8. The maximum absolute atomic E-state index is 12.9. The number of aliphatic hydroxyl groups is 1. The van der Waals surface area contributed by atoms with Gasteiger partial charge >= 0.3 is 0 Å². The van der Waals surface area contributed by atoms with Crippen molar-refractivity contribution >= 4 is 17.4 Å². The number of hydrogen-bond acceptors (Lipinski definition) is 7. The predicted octanol–water partition coefficient (Wildman–Crippen LogP) is 2.87. The molecule has 1 fully saturated rings. The summed E-state index contributed by atoms with van der Waals surface area (Å²) in [6.45, 7) is 2.45. The van der Waals surface area contributed by atoms with E-state index in [9.17, 15) is 19.8 Å². The maximum Gasteiger partial charge on any atom is 0.295 e. The molecule has 164 valence electrons. The van der Waals surface area contributed by atoms with Gasteiger partial charge in [-0.15, -0.1) is 0 Å². The molecular formula is C23H25NO7. The molecule has 0 saturated carbocycles. The van der Waals surface area contributed by atoms with Crippen LogP contribution >= 0.6 is 0 Å². The van der Waals surface area contributed by atoms with E-state index in [4.69, 9.17) is 14.2 Å². The Morgan fingerprint density at radius 3 is 2.58 bits per heavy atom. The Labute approximate surface area is 180 Å². The summed E-state index contributed by atoms with van der Waals surface area (Å²) in [7, 11) is 2.99. The second kappa shape index (κ2) is 9.53. The van der Waals surface area contributed by atoms with Crippen molar-refractivity contribution < 1.29 is 34.0 Å². The Kier molecular flexibility index (Phi) is 6.81. The molecule has 1 aliphatic heterocycles. The number of phenolic OH excluding ortho intramolecular Hbond substituents is 1. The molecule has 31 heavy (non-hydrogen) atoms. The van der Waals surface area contributed by atoms with Crippen LogP contribution in [0.5, 0.6) is 17.2 Å². The Bertz CT molecular complexity index is 1010. The highest BCUT2D eigenvalue weighted by Crippen LogP contribution is 2.41. The van der Waals surface area contributed by atoms with Gasteiger partial charge in [-0.25, -0.2) is 0 Å². The zero-order valence-electron chi connectivity index (χ0n) is 17.6. The van der Waals surface area contributed by atoms with Crippen LogP contribution in [0.1, 0.15) is 24.1 Å². The van der Waals surface area contributed by atoms with E-state index in [0.717, 1.165) is 0 Å². The number of methoxy groups -OCH3 is 2. The first kappa shape index (κ1) is 22.2. The molecule has 0 radical (unpaired) electrons. The standard InChI is InChI=1S/C23H25NO7/c1-4-31-18-13-14(8-9-17(18)25)20-19(22(27)23(28)24(20)10-11-29-2)21(26)15-6-5-7-16(12-15)30-3/h5-9,12-13,20,25-26H,4,10-11H2,1-3H3/b21-19+. The number of amides is 1. The van der Waals surface area contributed by atoms with Gasteiger partial charge in [-0.05, 0) is 36.8 Å². The van der Waals surface area contributed by atoms with Gasteiger partial charge in [0.15, 0.2) is 11.5 Å². The second-order valence-electron chi connectivity index (χ2n) is 6.88. The van der Waals surface area contributed by atoms with Gasteiger partial charge < -0.3 is 29.3 Å². The van der Waals surface area contributed by atoms with Crippen molar-refractivity contribution in [1.29, 1.82) is 0 Å². The lowest BCUT2D eigenvalue weighted by Gasteiger charge is -2.25. The summed E-state index contributed by atoms with van der Waals surface area (Å²) in [6, 6.07) is 10.3. The van der Waals surface area contributed by atoms with Gasteiger partial charge in [-0.2, -0.15) is 0 Å². The second-order valence-corrected chi connectivity index (χ2v) is 6.88. The van der Waals surface area contributed by atoms with Crippen molar-refractivity contribution in [3.63, 3.8) is 0 Å². The number of Topliss-reactive ketones (excluding diaryl/α,β-unsaturated/α-hetero) is 1. The van der Waals surface area contributed by atoms with Crippen LogP contribution in [-0.2, 0) is 14.3 Å². The molecule has 0 aliphatic carbocycles. The molecule has 2 aromatic rings. The lowest BCUT2D eigenvalue weighted by molar-refractivity contribution is -0.140. The number of phenols is 1. The van der Waals surface area contributed by atoms with E-state index in [1.54, 1.807) is 43.3 Å². The number of carbonyl (C=O) groups excluding carboxylic acids is 2. The molecule has 8 heteroatoms. The minimum absolute atomic E-state index is 0.0532. The molecule has 0 spiro atoms. The summed E-state index contributed by atoms with van der Waals surface area (Å²) in [5, 5.41) is 21.1. The minimum Gasteiger partial charge on any atom is -0.507 e. The quantitative estimate of drug-likeness (QED) is 0.379. The molecule has 1 heterocycles. The number of aliphatic hydroxyl groups excluding tert-OH is 1. The zero-order chi connectivity index (χ0) is 22.5. The van der Waals surface area contributed by atoms with Crippen LogP contribution in [-0.4, -0.2) is 60.8 Å². The molecule has 1 unspecified atom stereocenters. The number of rotatable bonds is 8. The smallest absolute Gasteiger partial charge is 0.295 e. The van der Waals surface area contributed by atoms with Crippen molar-refractivity contribution in [2.24, 2.45) is 0 Å². The van der Waals surface area contributed by atoms with E-state index in [2.05, 4.69) is 0 Å². The third kappa shape index (κ3) is 4.34. The predicted molar refractivity (Wildman–Crippen MR) is 113 cm³/mol. The molecule has 1 atom stereocenters. The average Bonchev–Trinajstić information content (AvgIpc) is 3.03. The topological polar surface area (TPSA) is 106 Å². The Morgan fingerprint density at radius 1 is 1.13 bits per heavy atom. The molecule has 1 aliphatic rings. The molecule has 0 bridgehead atoms. The van der Waals surface area contributed by atoms with Crippen molar-refractivity contribution in [2.45, 2.75) is 13.0 Å². The van der Waals surface area contributed by atoms with Gasteiger partial charge in [0.25, 0.3) is 11.7 Å². The van der Waals surface area contributed by atoms with Crippen LogP contribution in [0.2, 0.25) is 0 Å². The van der Waals surface area contributed by atoms with Crippen LogP contribution in [0.3, 0.4) is 0 Å². The van der Waals surface area contributed by atoms with Crippen molar-refractivity contribution in [3.05, 3.63) is 59.2 Å². The van der Waals surface area contributed by atoms with E-state index in [1.807, 2.05) is 0 Å². The molecule has 1 amide bonds. The Balaban J connectivity index is 2.18. The summed E-state index contributed by atoms with van der Waals surface area (Å²) >= 11 is 0. The third-order valence-corrected chi connectivity index (χ3v) is 5.02. The van der Waals surface area contributed by atoms with Crippen molar-refractivity contribution in [3.8, 4) is 17.2 Å². The monoisotopic (exact) mass is 427 g/mol. The van der Waals surface area contributed by atoms with E-state index in [1.165, 1.54) is 25.2 Å². The van der Waals surface area contributed by atoms with Gasteiger partial charge in [-0.1, -0.05) is 18.2 Å². The van der Waals surface area contributed by atoms with Crippen LogP contribution < -0.4 is 9.47 Å². The molecule has 0 aromatic heterocycles. The van der Waals surface area contributed by atoms with E-state index in [0.29, 0.717) is 23.5 Å². The molecule has 2 N–H and O–H groups in total. The number of ketones is 1. The SMILES string of the molecule is CCOc1cc(C2/C(=C(\O)c3cccc(OC)c3)C(=O)C(=O)N2CCOC)ccc1O. The zero-order valence-corrected chi connectivity index (χ0v) is 17.6.